The van der Waals surface area contributed by atoms with Gasteiger partial charge in [-0.3, -0.25) is 0 Å². The van der Waals surface area contributed by atoms with Crippen LogP contribution >= 0.6 is 0 Å². The summed E-state index contributed by atoms with van der Waals surface area (Å²) in [5.41, 5.74) is 0.224. The van der Waals surface area contributed by atoms with Crippen molar-refractivity contribution in [1.29, 1.82) is 0 Å². The molecule has 0 bridgehead atoms. The van der Waals surface area contributed by atoms with Crippen molar-refractivity contribution in [3.8, 4) is 0 Å². The van der Waals surface area contributed by atoms with Crippen LogP contribution < -0.4 is 5.32 Å². The van der Waals surface area contributed by atoms with E-state index < -0.39 is 0 Å². The van der Waals surface area contributed by atoms with E-state index in [4.69, 9.17) is 0 Å². The van der Waals surface area contributed by atoms with Gasteiger partial charge in [-0.05, 0) is 11.8 Å². The van der Waals surface area contributed by atoms with Gasteiger partial charge in [0.15, 0.2) is 0 Å². The van der Waals surface area contributed by atoms with Crippen LogP contribution in [0, 0.1) is 5.41 Å². The predicted octanol–water partition coefficient (Wildman–Crippen LogP) is 1.31. The van der Waals surface area contributed by atoms with E-state index in [1.807, 2.05) is 17.8 Å². The topological polar surface area (TPSA) is 50.1 Å². The average Bonchev–Trinajstić information content (AvgIpc) is 2.57. The fourth-order valence-electron chi connectivity index (χ4n) is 1.74. The molecule has 4 nitrogen and oxygen atoms in total. The Morgan fingerprint density at radius 1 is 1.50 bits per heavy atom. The second kappa shape index (κ2) is 5.46. The molecule has 92 valence electrons. The van der Waals surface area contributed by atoms with Crippen LogP contribution in [0.4, 0.5) is 0 Å². The molecule has 1 rings (SSSR count). The molecule has 2 N–H and O–H groups in total. The second-order valence-corrected chi connectivity index (χ2v) is 5.48. The summed E-state index contributed by atoms with van der Waals surface area (Å²) < 4.78 is 1.98. The summed E-state index contributed by atoms with van der Waals surface area (Å²) in [5.74, 6) is 0.993. The third kappa shape index (κ3) is 4.33. The zero-order valence-electron chi connectivity index (χ0n) is 10.7. The van der Waals surface area contributed by atoms with E-state index in [9.17, 15) is 5.11 Å². The Morgan fingerprint density at radius 3 is 2.62 bits per heavy atom. The number of hydrogen-bond donors (Lipinski definition) is 2. The molecule has 1 heterocycles. The highest BCUT2D eigenvalue weighted by atomic mass is 16.3. The van der Waals surface area contributed by atoms with Gasteiger partial charge in [0.25, 0.3) is 0 Å². The molecule has 0 amide bonds. The number of nitrogens with zero attached hydrogens (tertiary/aromatic N) is 2. The molecule has 16 heavy (non-hydrogen) atoms. The van der Waals surface area contributed by atoms with Crippen molar-refractivity contribution in [2.45, 2.75) is 39.8 Å². The van der Waals surface area contributed by atoms with Crippen LogP contribution in [-0.4, -0.2) is 27.3 Å². The van der Waals surface area contributed by atoms with Crippen molar-refractivity contribution in [1.82, 2.24) is 14.9 Å². The van der Waals surface area contributed by atoms with Crippen molar-refractivity contribution in [2.75, 3.05) is 6.61 Å². The zero-order chi connectivity index (χ0) is 12.2. The normalized spacial score (nSPS) is 14.1. The van der Waals surface area contributed by atoms with Crippen molar-refractivity contribution >= 4 is 0 Å². The molecule has 0 aliphatic heterocycles. The van der Waals surface area contributed by atoms with Crippen LogP contribution in [0.5, 0.6) is 0 Å². The molecule has 1 aromatic heterocycles. The molecule has 1 unspecified atom stereocenters. The molecule has 4 heteroatoms. The number of aliphatic hydroxyl groups is 1. The number of aromatic nitrogens is 2. The Morgan fingerprint density at radius 2 is 2.19 bits per heavy atom. The van der Waals surface area contributed by atoms with Crippen LogP contribution in [0.1, 0.15) is 33.0 Å². The van der Waals surface area contributed by atoms with Gasteiger partial charge in [-0.25, -0.2) is 4.98 Å². The van der Waals surface area contributed by atoms with E-state index in [0.29, 0.717) is 6.54 Å². The highest BCUT2D eigenvalue weighted by molar-refractivity contribution is 4.91. The predicted molar refractivity (Wildman–Crippen MR) is 65.0 cm³/mol. The number of hydrogen-bond acceptors (Lipinski definition) is 3. The summed E-state index contributed by atoms with van der Waals surface area (Å²) in [7, 11) is 1.97. The summed E-state index contributed by atoms with van der Waals surface area (Å²) in [5, 5.41) is 12.6. The average molecular weight is 225 g/mol. The molecule has 1 aromatic rings. The molecule has 0 fully saturated rings. The highest BCUT2D eigenvalue weighted by Crippen LogP contribution is 2.20. The minimum atomic E-state index is 0.136. The fourth-order valence-corrected chi connectivity index (χ4v) is 1.74. The lowest BCUT2D eigenvalue weighted by molar-refractivity contribution is 0.197. The van der Waals surface area contributed by atoms with Gasteiger partial charge >= 0.3 is 0 Å². The minimum absolute atomic E-state index is 0.136. The van der Waals surface area contributed by atoms with E-state index >= 15 is 0 Å². The first-order valence-corrected chi connectivity index (χ1v) is 5.73. The lowest BCUT2D eigenvalue weighted by Crippen LogP contribution is -2.36. The number of aryl methyl sites for hydroxylation is 1. The van der Waals surface area contributed by atoms with Crippen molar-refractivity contribution in [2.24, 2.45) is 12.5 Å². The number of nitrogens with one attached hydrogen (secondary N) is 1. The summed E-state index contributed by atoms with van der Waals surface area (Å²) >= 11 is 0. The van der Waals surface area contributed by atoms with Gasteiger partial charge in [-0.2, -0.15) is 0 Å². The van der Waals surface area contributed by atoms with E-state index in [1.54, 1.807) is 6.20 Å². The van der Waals surface area contributed by atoms with Crippen LogP contribution in [-0.2, 0) is 13.6 Å². The third-order valence-electron chi connectivity index (χ3n) is 2.55. The Labute approximate surface area is 97.7 Å². The molecule has 0 saturated carbocycles. The SMILES string of the molecule is Cn1ccnc1CNC(CO)CC(C)(C)C. The van der Waals surface area contributed by atoms with Crippen LogP contribution in [0.3, 0.4) is 0 Å². The molecule has 1 atom stereocenters. The van der Waals surface area contributed by atoms with E-state index in [0.717, 1.165) is 12.2 Å². The van der Waals surface area contributed by atoms with Gasteiger partial charge in [0, 0.05) is 25.5 Å². The quantitative estimate of drug-likeness (QED) is 0.794. The van der Waals surface area contributed by atoms with Crippen molar-refractivity contribution < 1.29 is 5.11 Å². The lowest BCUT2D eigenvalue weighted by Gasteiger charge is -2.25. The van der Waals surface area contributed by atoms with Crippen LogP contribution in [0.25, 0.3) is 0 Å². The largest absolute Gasteiger partial charge is 0.395 e. The van der Waals surface area contributed by atoms with Gasteiger partial charge in [-0.15, -0.1) is 0 Å². The van der Waals surface area contributed by atoms with Crippen LogP contribution in [0.15, 0.2) is 12.4 Å². The highest BCUT2D eigenvalue weighted by Gasteiger charge is 2.17. The smallest absolute Gasteiger partial charge is 0.122 e. The van der Waals surface area contributed by atoms with Crippen molar-refractivity contribution in [3.63, 3.8) is 0 Å². The van der Waals surface area contributed by atoms with E-state index in [1.165, 1.54) is 0 Å². The molecule has 0 radical (unpaired) electrons. The first kappa shape index (κ1) is 13.2. The van der Waals surface area contributed by atoms with Crippen LogP contribution in [0.2, 0.25) is 0 Å². The fraction of sp³-hybridized carbons (Fsp3) is 0.750. The summed E-state index contributed by atoms with van der Waals surface area (Å²) in [4.78, 5) is 4.24. The zero-order valence-corrected chi connectivity index (χ0v) is 10.7. The number of aliphatic hydroxyl groups excluding tert-OH is 1. The van der Waals surface area contributed by atoms with E-state index in [-0.39, 0.29) is 18.1 Å². The lowest BCUT2D eigenvalue weighted by atomic mass is 9.88. The molecular formula is C12H23N3O. The molecule has 0 aliphatic rings. The molecule has 0 aliphatic carbocycles. The Kier molecular flexibility index (Phi) is 4.50. The number of imidazole rings is 1. The molecule has 0 aromatic carbocycles. The second-order valence-electron chi connectivity index (χ2n) is 5.48. The van der Waals surface area contributed by atoms with Crippen molar-refractivity contribution in [3.05, 3.63) is 18.2 Å². The molecule has 0 saturated heterocycles. The standard InChI is InChI=1S/C12H23N3O/c1-12(2,3)7-10(9-16)14-8-11-13-5-6-15(11)4/h5-6,10,14,16H,7-9H2,1-4H3. The van der Waals surface area contributed by atoms with Gasteiger partial charge in [0.2, 0.25) is 0 Å². The van der Waals surface area contributed by atoms with Gasteiger partial charge in [0.1, 0.15) is 5.82 Å². The van der Waals surface area contributed by atoms with Gasteiger partial charge < -0.3 is 15.0 Å². The Balaban J connectivity index is 2.43. The third-order valence-corrected chi connectivity index (χ3v) is 2.55. The Bertz CT molecular complexity index is 314. The number of rotatable bonds is 5. The summed E-state index contributed by atoms with van der Waals surface area (Å²) in [6.45, 7) is 7.40. The van der Waals surface area contributed by atoms with E-state index in [2.05, 4.69) is 31.1 Å². The first-order chi connectivity index (χ1) is 7.42. The maximum atomic E-state index is 9.30. The molecule has 0 spiro atoms. The first-order valence-electron chi connectivity index (χ1n) is 5.73. The molecular weight excluding hydrogens is 202 g/mol. The summed E-state index contributed by atoms with van der Waals surface area (Å²) in [6.07, 6.45) is 4.66. The maximum Gasteiger partial charge on any atom is 0.122 e. The van der Waals surface area contributed by atoms with Gasteiger partial charge in [0.05, 0.1) is 13.2 Å². The minimum Gasteiger partial charge on any atom is -0.395 e. The van der Waals surface area contributed by atoms with Gasteiger partial charge in [-0.1, -0.05) is 20.8 Å². The summed E-state index contributed by atoms with van der Waals surface area (Å²) in [6, 6.07) is 0.136. The Hall–Kier alpha value is -0.870. The maximum absolute atomic E-state index is 9.30. The monoisotopic (exact) mass is 225 g/mol.